The Balaban J connectivity index is 0.000000300. The van der Waals surface area contributed by atoms with Gasteiger partial charge in [-0.1, -0.05) is 122 Å². The van der Waals surface area contributed by atoms with Gasteiger partial charge in [-0.2, -0.15) is 41.0 Å². The summed E-state index contributed by atoms with van der Waals surface area (Å²) in [6.45, 7) is 38.3. The summed E-state index contributed by atoms with van der Waals surface area (Å²) in [5, 5.41) is 0. The van der Waals surface area contributed by atoms with Crippen LogP contribution in [0.2, 0.25) is 0 Å². The average Bonchev–Trinajstić information content (AvgIpc) is 3.61. The third-order valence-corrected chi connectivity index (χ3v) is 12.1. The van der Waals surface area contributed by atoms with Gasteiger partial charge in [0.2, 0.25) is 0 Å². The quantitative estimate of drug-likeness (QED) is 0.157. The van der Waals surface area contributed by atoms with Gasteiger partial charge in [0.15, 0.2) is 0 Å². The van der Waals surface area contributed by atoms with E-state index in [4.69, 9.17) is 0 Å². The van der Waals surface area contributed by atoms with Gasteiger partial charge in [-0.3, -0.25) is 6.08 Å². The first-order valence-corrected chi connectivity index (χ1v) is 21.2. The monoisotopic (exact) mass is 864 g/mol. The minimum Gasteiger partial charge on any atom is -1.00 e. The van der Waals surface area contributed by atoms with Crippen molar-refractivity contribution < 1.29 is 49.0 Å². The molecule has 0 amide bonds. The van der Waals surface area contributed by atoms with Crippen LogP contribution < -0.4 is 24.8 Å². The first-order valence-electron chi connectivity index (χ1n) is 20.0. The van der Waals surface area contributed by atoms with Gasteiger partial charge in [0, 0.05) is 0 Å². The van der Waals surface area contributed by atoms with E-state index in [0.717, 1.165) is 6.42 Å². The topological polar surface area (TPSA) is 0 Å². The van der Waals surface area contributed by atoms with E-state index in [1.807, 2.05) is 0 Å². The molecule has 0 saturated carbocycles. The molecular weight excluding hydrogens is 799 g/mol. The van der Waals surface area contributed by atoms with Crippen LogP contribution in [-0.2, 0) is 52.3 Å². The van der Waals surface area contributed by atoms with Crippen molar-refractivity contribution in [2.24, 2.45) is 11.3 Å². The predicted molar refractivity (Wildman–Crippen MR) is 234 cm³/mol. The number of halogens is 2. The molecule has 0 aromatic heterocycles. The molecular formula is C53H68Cl2Zr-2. The zero-order valence-electron chi connectivity index (χ0n) is 37.6. The smallest absolute Gasteiger partial charge is 0.0716 e. The molecule has 0 bridgehead atoms. The van der Waals surface area contributed by atoms with E-state index in [1.54, 1.807) is 0 Å². The summed E-state index contributed by atoms with van der Waals surface area (Å²) >= 11 is 1.46. The molecule has 4 aromatic rings. The van der Waals surface area contributed by atoms with Crippen LogP contribution >= 0.6 is 0 Å². The zero-order valence-corrected chi connectivity index (χ0v) is 41.6. The van der Waals surface area contributed by atoms with Crippen LogP contribution in [0, 0.1) is 23.5 Å². The van der Waals surface area contributed by atoms with Crippen molar-refractivity contribution in [1.82, 2.24) is 0 Å². The van der Waals surface area contributed by atoms with Crippen molar-refractivity contribution in [2.45, 2.75) is 146 Å². The Labute approximate surface area is 370 Å². The van der Waals surface area contributed by atoms with E-state index >= 15 is 0 Å². The predicted octanol–water partition coefficient (Wildman–Crippen LogP) is 8.42. The Kier molecular flexibility index (Phi) is 16.7. The molecule has 0 fully saturated rings. The summed E-state index contributed by atoms with van der Waals surface area (Å²) in [7, 11) is 0. The normalized spacial score (nSPS) is 15.0. The van der Waals surface area contributed by atoms with Crippen molar-refractivity contribution in [1.29, 1.82) is 0 Å². The van der Waals surface area contributed by atoms with Gasteiger partial charge in [0.05, 0.1) is 0 Å². The maximum absolute atomic E-state index is 3.53. The van der Waals surface area contributed by atoms with E-state index < -0.39 is 0 Å². The number of hydrogen-bond acceptors (Lipinski definition) is 0. The molecule has 4 aromatic carbocycles. The molecule has 3 heteroatoms. The molecule has 300 valence electrons. The molecule has 0 aliphatic heterocycles. The Bertz CT molecular complexity index is 1880. The van der Waals surface area contributed by atoms with Crippen LogP contribution in [-0.4, -0.2) is 3.21 Å². The van der Waals surface area contributed by atoms with Gasteiger partial charge in [-0.05, 0) is 17.4 Å². The van der Waals surface area contributed by atoms with Gasteiger partial charge < -0.3 is 24.8 Å². The maximum atomic E-state index is 3.53. The molecule has 0 radical (unpaired) electrons. The molecule has 0 heterocycles. The van der Waals surface area contributed by atoms with E-state index in [9.17, 15) is 0 Å². The molecule has 6 rings (SSSR count). The summed E-state index contributed by atoms with van der Waals surface area (Å²) in [5.41, 5.74) is 17.8. The molecule has 0 saturated heterocycles. The molecule has 1 unspecified atom stereocenters. The van der Waals surface area contributed by atoms with Crippen molar-refractivity contribution in [3.05, 3.63) is 153 Å². The molecule has 0 nitrogen and oxygen atoms in total. The Hall–Kier alpha value is -2.31. The van der Waals surface area contributed by atoms with Crippen LogP contribution in [0.15, 0.2) is 96.1 Å². The second-order valence-corrected chi connectivity index (χ2v) is 22.0. The first kappa shape index (κ1) is 49.8. The van der Waals surface area contributed by atoms with Crippen LogP contribution in [0.4, 0.5) is 0 Å². The van der Waals surface area contributed by atoms with Gasteiger partial charge in [-0.15, -0.1) is 5.56 Å². The van der Waals surface area contributed by atoms with Crippen molar-refractivity contribution in [3.63, 3.8) is 0 Å². The molecule has 0 spiro atoms. The number of allylic oxidation sites excluding steroid dienone is 4. The summed E-state index contributed by atoms with van der Waals surface area (Å²) < 4.78 is 1.42. The number of rotatable bonds is 2. The summed E-state index contributed by atoms with van der Waals surface area (Å²) in [6, 6.07) is 33.2. The minimum atomic E-state index is 0. The molecule has 56 heavy (non-hydrogen) atoms. The Morgan fingerprint density at radius 1 is 0.554 bits per heavy atom. The summed E-state index contributed by atoms with van der Waals surface area (Å²) in [4.78, 5) is 0. The molecule has 1 atom stereocenters. The fourth-order valence-corrected chi connectivity index (χ4v) is 7.89. The summed E-state index contributed by atoms with van der Waals surface area (Å²) in [6.07, 6.45) is 6.74. The number of benzene rings is 4. The second kappa shape index (κ2) is 18.7. The molecule has 2 aliphatic rings. The van der Waals surface area contributed by atoms with E-state index in [2.05, 4.69) is 215 Å². The SMILES string of the molecule is CC(C)(C)c1c[c-]c2c(c1)-c1cc(C(C)(C)C)ccc1C2.CC(C)(C)c1ccc([C](=[Zr+2])c2ccc(C(C)(C)C)cc2)cc1.CC1=[C-]C(C)C=C1C(C)(C)C.[Cl-].[Cl-]. The van der Waals surface area contributed by atoms with Crippen molar-refractivity contribution >= 4 is 3.21 Å². The zero-order chi connectivity index (χ0) is 40.6. The Morgan fingerprint density at radius 2 is 0.964 bits per heavy atom. The van der Waals surface area contributed by atoms with E-state index in [0.29, 0.717) is 11.3 Å². The van der Waals surface area contributed by atoms with Gasteiger partial charge >= 0.3 is 151 Å². The standard InChI is InChI=1S/C21H25.C21H26.C11H17.2ClH.Zr/c1-20(2,3)16-9-7-14-11-15-8-10-17(21(4,5)6)13-19(15)18(14)12-16;1-20(2,3)18-11-7-16(8-12-18)15-17-9-13-19(14-10-17)21(4,5)6;1-8-6-9(2)10(7-8)11(3,4)5;;;/h7,9-10,12-13H,11H2,1-6H3;7-14H,1-6H3;7-8H,1-5H3;2*1H;/q-1;;-1;;;+2/p-2. The van der Waals surface area contributed by atoms with Crippen molar-refractivity contribution in [2.75, 3.05) is 0 Å². The van der Waals surface area contributed by atoms with Crippen molar-refractivity contribution in [3.8, 4) is 11.1 Å². The fraction of sp³-hybridized carbons (Fsp3) is 0.453. The maximum Gasteiger partial charge on any atom is -0.0716 e. The van der Waals surface area contributed by atoms with Crippen LogP contribution in [0.5, 0.6) is 0 Å². The van der Waals surface area contributed by atoms with E-state index in [1.165, 1.54) is 94.2 Å². The van der Waals surface area contributed by atoms with Gasteiger partial charge in [-0.25, -0.2) is 5.57 Å². The van der Waals surface area contributed by atoms with Crippen LogP contribution in [0.1, 0.15) is 162 Å². The largest absolute Gasteiger partial charge is 1.00 e. The summed E-state index contributed by atoms with van der Waals surface area (Å²) in [5.74, 6) is 0.518. The van der Waals surface area contributed by atoms with Gasteiger partial charge in [0.25, 0.3) is 0 Å². The first-order chi connectivity index (χ1) is 24.7. The second-order valence-electron chi connectivity index (χ2n) is 20.7. The van der Waals surface area contributed by atoms with Crippen LogP contribution in [0.25, 0.3) is 11.1 Å². The van der Waals surface area contributed by atoms with Gasteiger partial charge in [0.1, 0.15) is 0 Å². The van der Waals surface area contributed by atoms with E-state index in [-0.39, 0.29) is 46.5 Å². The Morgan fingerprint density at radius 3 is 1.32 bits per heavy atom. The van der Waals surface area contributed by atoms with Crippen LogP contribution in [0.3, 0.4) is 0 Å². The number of hydrogen-bond donors (Lipinski definition) is 0. The number of fused-ring (bicyclic) bond motifs is 3. The third kappa shape index (κ3) is 12.8. The fourth-order valence-electron chi connectivity index (χ4n) is 7.07. The minimum absolute atomic E-state index is 0. The molecule has 2 aliphatic carbocycles. The molecule has 0 N–H and O–H groups in total. The average molecular weight is 867 g/mol. The third-order valence-electron chi connectivity index (χ3n) is 10.7.